The molecule has 1 amide bonds. The lowest BCUT2D eigenvalue weighted by Gasteiger charge is -2.30. The van der Waals surface area contributed by atoms with Gasteiger partial charge in [-0.3, -0.25) is 4.79 Å². The summed E-state index contributed by atoms with van der Waals surface area (Å²) in [5.41, 5.74) is 2.18. The third kappa shape index (κ3) is 1.99. The van der Waals surface area contributed by atoms with E-state index in [0.717, 1.165) is 16.1 Å². The van der Waals surface area contributed by atoms with Crippen LogP contribution in [-0.2, 0) is 4.79 Å². The van der Waals surface area contributed by atoms with Crippen LogP contribution in [-0.4, -0.2) is 5.91 Å². The van der Waals surface area contributed by atoms with Crippen LogP contribution in [0.3, 0.4) is 0 Å². The summed E-state index contributed by atoms with van der Waals surface area (Å²) in [6.07, 6.45) is 4.95. The summed E-state index contributed by atoms with van der Waals surface area (Å²) in [7, 11) is 0. The Bertz CT molecular complexity index is 485. The molecule has 2 aliphatic rings. The van der Waals surface area contributed by atoms with Gasteiger partial charge in [0.05, 0.1) is 11.6 Å². The monoisotopic (exact) mass is 307 g/mol. The van der Waals surface area contributed by atoms with Crippen LogP contribution in [0, 0.1) is 11.8 Å². The van der Waals surface area contributed by atoms with E-state index in [1.807, 2.05) is 12.1 Å². The second-order valence-corrected chi connectivity index (χ2v) is 6.56. The molecule has 96 valence electrons. The molecule has 0 radical (unpaired) electrons. The first-order chi connectivity index (χ1) is 8.66. The van der Waals surface area contributed by atoms with Gasteiger partial charge in [-0.05, 0) is 52.2 Å². The number of nitrogens with one attached hydrogen (secondary N) is 1. The van der Waals surface area contributed by atoms with Crippen LogP contribution >= 0.6 is 15.9 Å². The second kappa shape index (κ2) is 4.69. The van der Waals surface area contributed by atoms with Crippen molar-refractivity contribution in [3.8, 4) is 0 Å². The largest absolute Gasteiger partial charge is 0.324 e. The molecule has 1 N–H and O–H groups in total. The molecule has 0 saturated heterocycles. The molecule has 1 aliphatic carbocycles. The van der Waals surface area contributed by atoms with E-state index in [2.05, 4.69) is 34.2 Å². The van der Waals surface area contributed by atoms with E-state index in [1.165, 1.54) is 31.2 Å². The lowest BCUT2D eigenvalue weighted by molar-refractivity contribution is -0.118. The van der Waals surface area contributed by atoms with Gasteiger partial charge in [0.1, 0.15) is 0 Å². The summed E-state index contributed by atoms with van der Waals surface area (Å²) in [5.74, 6) is 1.54. The van der Waals surface area contributed by atoms with Crippen molar-refractivity contribution >= 4 is 27.5 Å². The lowest BCUT2D eigenvalue weighted by Crippen LogP contribution is -2.25. The average molecular weight is 308 g/mol. The first kappa shape index (κ1) is 12.2. The van der Waals surface area contributed by atoms with Crippen molar-refractivity contribution in [2.75, 3.05) is 5.32 Å². The Morgan fingerprint density at radius 1 is 1.33 bits per heavy atom. The smallest absolute Gasteiger partial charge is 0.232 e. The van der Waals surface area contributed by atoms with E-state index in [1.54, 1.807) is 0 Å². The molecule has 1 heterocycles. The molecule has 2 nitrogen and oxygen atoms in total. The van der Waals surface area contributed by atoms with Crippen molar-refractivity contribution in [1.29, 1.82) is 0 Å². The minimum absolute atomic E-state index is 0.0697. The zero-order chi connectivity index (χ0) is 12.7. The summed E-state index contributed by atoms with van der Waals surface area (Å²) in [6, 6.07) is 6.12. The zero-order valence-electron chi connectivity index (χ0n) is 10.6. The topological polar surface area (TPSA) is 29.1 Å². The van der Waals surface area contributed by atoms with Gasteiger partial charge in [0.2, 0.25) is 5.91 Å². The maximum absolute atomic E-state index is 12.3. The predicted molar refractivity (Wildman–Crippen MR) is 76.6 cm³/mol. The van der Waals surface area contributed by atoms with Crippen LogP contribution in [0.1, 0.15) is 44.1 Å². The predicted octanol–water partition coefficient (Wildman–Crippen LogP) is 4.31. The first-order valence-electron chi connectivity index (χ1n) is 6.76. The van der Waals surface area contributed by atoms with E-state index in [0.29, 0.717) is 5.92 Å². The normalized spacial score (nSPS) is 31.0. The fourth-order valence-corrected chi connectivity index (χ4v) is 4.01. The van der Waals surface area contributed by atoms with Crippen molar-refractivity contribution < 1.29 is 4.79 Å². The highest BCUT2D eigenvalue weighted by Crippen LogP contribution is 2.46. The number of benzene rings is 1. The standard InChI is InChI=1S/C15H18BrNO/c1-9-4-2-5-10(8-9)13-11-6-3-7-12(16)14(11)17-15(13)18/h3,6-7,9-10,13H,2,4-5,8H2,1H3,(H,17,18). The Morgan fingerprint density at radius 3 is 2.94 bits per heavy atom. The van der Waals surface area contributed by atoms with Gasteiger partial charge >= 0.3 is 0 Å². The van der Waals surface area contributed by atoms with Gasteiger partial charge in [-0.2, -0.15) is 0 Å². The molecular weight excluding hydrogens is 290 g/mol. The maximum Gasteiger partial charge on any atom is 0.232 e. The lowest BCUT2D eigenvalue weighted by atomic mass is 9.74. The van der Waals surface area contributed by atoms with Gasteiger partial charge in [0, 0.05) is 4.47 Å². The maximum atomic E-state index is 12.3. The highest BCUT2D eigenvalue weighted by atomic mass is 79.9. The Balaban J connectivity index is 1.94. The Labute approximate surface area is 116 Å². The third-order valence-corrected chi connectivity index (χ3v) is 5.02. The van der Waals surface area contributed by atoms with Crippen LogP contribution in [0.4, 0.5) is 5.69 Å². The SMILES string of the molecule is CC1CCCC(C2C(=O)Nc3c(Br)cccc32)C1. The molecule has 3 unspecified atom stereocenters. The molecular formula is C15H18BrNO. The average Bonchev–Trinajstić information content (AvgIpc) is 2.67. The minimum atomic E-state index is 0.0697. The van der Waals surface area contributed by atoms with Gasteiger partial charge < -0.3 is 5.32 Å². The second-order valence-electron chi connectivity index (χ2n) is 5.70. The molecule has 1 saturated carbocycles. The molecule has 0 bridgehead atoms. The van der Waals surface area contributed by atoms with Crippen molar-refractivity contribution in [2.45, 2.75) is 38.5 Å². The molecule has 1 fully saturated rings. The van der Waals surface area contributed by atoms with Crippen LogP contribution in [0.5, 0.6) is 0 Å². The molecule has 3 rings (SSSR count). The summed E-state index contributed by atoms with van der Waals surface area (Å²) in [5, 5.41) is 3.04. The van der Waals surface area contributed by atoms with E-state index in [-0.39, 0.29) is 11.8 Å². The van der Waals surface area contributed by atoms with Gasteiger partial charge in [-0.1, -0.05) is 31.9 Å². The summed E-state index contributed by atoms with van der Waals surface area (Å²) < 4.78 is 1.000. The van der Waals surface area contributed by atoms with Gasteiger partial charge in [-0.25, -0.2) is 0 Å². The van der Waals surface area contributed by atoms with Crippen LogP contribution < -0.4 is 5.32 Å². The number of hydrogen-bond donors (Lipinski definition) is 1. The number of fused-ring (bicyclic) bond motifs is 1. The van der Waals surface area contributed by atoms with Gasteiger partial charge in [0.15, 0.2) is 0 Å². The molecule has 1 aromatic carbocycles. The van der Waals surface area contributed by atoms with Gasteiger partial charge in [-0.15, -0.1) is 0 Å². The number of carbonyl (C=O) groups is 1. The number of rotatable bonds is 1. The van der Waals surface area contributed by atoms with E-state index < -0.39 is 0 Å². The molecule has 1 aromatic rings. The van der Waals surface area contributed by atoms with Crippen molar-refractivity contribution in [3.63, 3.8) is 0 Å². The number of hydrogen-bond acceptors (Lipinski definition) is 1. The summed E-state index contributed by atoms with van der Waals surface area (Å²) in [4.78, 5) is 12.3. The molecule has 18 heavy (non-hydrogen) atoms. The highest BCUT2D eigenvalue weighted by Gasteiger charge is 2.38. The number of halogens is 1. The van der Waals surface area contributed by atoms with Crippen LogP contribution in [0.25, 0.3) is 0 Å². The number of anilines is 1. The Morgan fingerprint density at radius 2 is 2.17 bits per heavy atom. The van der Waals surface area contributed by atoms with Crippen LogP contribution in [0.15, 0.2) is 22.7 Å². The van der Waals surface area contributed by atoms with Crippen LogP contribution in [0.2, 0.25) is 0 Å². The van der Waals surface area contributed by atoms with E-state index in [4.69, 9.17) is 0 Å². The molecule has 0 spiro atoms. The highest BCUT2D eigenvalue weighted by molar-refractivity contribution is 9.10. The van der Waals surface area contributed by atoms with Crippen molar-refractivity contribution in [2.24, 2.45) is 11.8 Å². The minimum Gasteiger partial charge on any atom is -0.324 e. The first-order valence-corrected chi connectivity index (χ1v) is 7.55. The summed E-state index contributed by atoms with van der Waals surface area (Å²) in [6.45, 7) is 2.31. The molecule has 3 atom stereocenters. The number of amides is 1. The fourth-order valence-electron chi connectivity index (χ4n) is 3.53. The van der Waals surface area contributed by atoms with Crippen molar-refractivity contribution in [1.82, 2.24) is 0 Å². The van der Waals surface area contributed by atoms with Gasteiger partial charge in [0.25, 0.3) is 0 Å². The summed E-state index contributed by atoms with van der Waals surface area (Å²) >= 11 is 3.52. The zero-order valence-corrected chi connectivity index (χ0v) is 12.2. The Kier molecular flexibility index (Phi) is 3.18. The number of carbonyl (C=O) groups excluding carboxylic acids is 1. The van der Waals surface area contributed by atoms with E-state index >= 15 is 0 Å². The fraction of sp³-hybridized carbons (Fsp3) is 0.533. The third-order valence-electron chi connectivity index (χ3n) is 4.36. The molecule has 3 heteroatoms. The van der Waals surface area contributed by atoms with E-state index in [9.17, 15) is 4.79 Å². The van der Waals surface area contributed by atoms with Crippen molar-refractivity contribution in [3.05, 3.63) is 28.2 Å². The number of para-hydroxylation sites is 1. The Hall–Kier alpha value is -0.830. The quantitative estimate of drug-likeness (QED) is 0.823. The molecule has 0 aromatic heterocycles. The molecule has 1 aliphatic heterocycles.